The first kappa shape index (κ1) is 14.1. The monoisotopic (exact) mass is 295 g/mol. The molecule has 2 N–H and O–H groups in total. The van der Waals surface area contributed by atoms with E-state index in [0.717, 1.165) is 10.0 Å². The molecule has 0 spiro atoms. The summed E-state index contributed by atoms with van der Waals surface area (Å²) in [6, 6.07) is 2.86. The molecule has 0 saturated heterocycles. The fourth-order valence-corrected chi connectivity index (χ4v) is 2.32. The summed E-state index contributed by atoms with van der Waals surface area (Å²) in [5.41, 5.74) is 0.246. The van der Waals surface area contributed by atoms with E-state index in [1.165, 1.54) is 24.5 Å². The molecule has 0 bridgehead atoms. The lowest BCUT2D eigenvalue weighted by molar-refractivity contribution is -0.386. The summed E-state index contributed by atoms with van der Waals surface area (Å²) >= 11 is 1.49. The Morgan fingerprint density at radius 1 is 1.55 bits per heavy atom. The van der Waals surface area contributed by atoms with Crippen LogP contribution in [0.1, 0.15) is 10.4 Å². The molecule has 7 nitrogen and oxygen atoms in total. The largest absolute Gasteiger partial charge is 0.500 e. The summed E-state index contributed by atoms with van der Waals surface area (Å²) in [4.78, 5) is 15.4. The van der Waals surface area contributed by atoms with Crippen LogP contribution in [-0.4, -0.2) is 22.1 Å². The first-order chi connectivity index (χ1) is 9.51. The molecule has 0 aliphatic rings. The summed E-state index contributed by atoms with van der Waals surface area (Å²) < 4.78 is 4.94. The van der Waals surface area contributed by atoms with Gasteiger partial charge in [-0.3, -0.25) is 10.1 Å². The molecule has 0 fully saturated rings. The Morgan fingerprint density at radius 3 is 2.85 bits per heavy atom. The molecule has 0 saturated carbocycles. The van der Waals surface area contributed by atoms with Crippen LogP contribution in [0.2, 0.25) is 0 Å². The van der Waals surface area contributed by atoms with Crippen molar-refractivity contribution in [3.05, 3.63) is 38.9 Å². The van der Waals surface area contributed by atoms with Crippen molar-refractivity contribution in [2.24, 2.45) is 0 Å². The van der Waals surface area contributed by atoms with Crippen molar-refractivity contribution in [2.45, 2.75) is 13.5 Å². The highest BCUT2D eigenvalue weighted by atomic mass is 32.1. The van der Waals surface area contributed by atoms with E-state index in [-0.39, 0.29) is 11.4 Å². The minimum Gasteiger partial charge on any atom is -0.500 e. The van der Waals surface area contributed by atoms with Crippen molar-refractivity contribution < 1.29 is 14.8 Å². The van der Waals surface area contributed by atoms with Crippen molar-refractivity contribution in [1.29, 1.82) is 0 Å². The number of aromatic hydroxyl groups is 1. The van der Waals surface area contributed by atoms with E-state index in [1.807, 2.05) is 6.92 Å². The van der Waals surface area contributed by atoms with Crippen LogP contribution in [0.4, 0.5) is 10.8 Å². The van der Waals surface area contributed by atoms with Crippen molar-refractivity contribution in [3.8, 4) is 11.5 Å². The molecular weight excluding hydrogens is 282 g/mol. The predicted octanol–water partition coefficient (Wildman–Crippen LogP) is 2.69. The van der Waals surface area contributed by atoms with E-state index in [4.69, 9.17) is 4.74 Å². The quantitative estimate of drug-likeness (QED) is 0.650. The SMILES string of the molecule is COc1cc(CNc2ncc(C)s2)cc([N+](=O)[O-])c1O. The van der Waals surface area contributed by atoms with Crippen LogP contribution in [0, 0.1) is 17.0 Å². The lowest BCUT2D eigenvalue weighted by atomic mass is 10.1. The number of anilines is 1. The van der Waals surface area contributed by atoms with Gasteiger partial charge in [-0.25, -0.2) is 4.98 Å². The van der Waals surface area contributed by atoms with Crippen molar-refractivity contribution >= 4 is 22.2 Å². The molecule has 8 heteroatoms. The fourth-order valence-electron chi connectivity index (χ4n) is 1.66. The number of aromatic nitrogens is 1. The lowest BCUT2D eigenvalue weighted by Gasteiger charge is -2.08. The van der Waals surface area contributed by atoms with Gasteiger partial charge in [-0.1, -0.05) is 0 Å². The number of hydrogen-bond donors (Lipinski definition) is 2. The molecule has 106 valence electrons. The van der Waals surface area contributed by atoms with Crippen LogP contribution in [-0.2, 0) is 6.54 Å². The van der Waals surface area contributed by atoms with Crippen LogP contribution in [0.5, 0.6) is 11.5 Å². The molecule has 1 aromatic heterocycles. The highest BCUT2D eigenvalue weighted by Crippen LogP contribution is 2.37. The maximum absolute atomic E-state index is 10.9. The molecule has 0 atom stereocenters. The number of rotatable bonds is 5. The number of methoxy groups -OCH3 is 1. The number of ether oxygens (including phenoxy) is 1. The van der Waals surface area contributed by atoms with Crippen molar-refractivity contribution in [2.75, 3.05) is 12.4 Å². The van der Waals surface area contributed by atoms with Gasteiger partial charge in [-0.05, 0) is 18.6 Å². The Hall–Kier alpha value is -2.35. The Morgan fingerprint density at radius 2 is 2.30 bits per heavy atom. The molecule has 0 amide bonds. The number of benzene rings is 1. The third-order valence-electron chi connectivity index (χ3n) is 2.60. The van der Waals surface area contributed by atoms with Crippen LogP contribution in [0.15, 0.2) is 18.3 Å². The van der Waals surface area contributed by atoms with Crippen molar-refractivity contribution in [3.63, 3.8) is 0 Å². The first-order valence-electron chi connectivity index (χ1n) is 5.72. The van der Waals surface area contributed by atoms with Gasteiger partial charge in [-0.2, -0.15) is 0 Å². The number of aryl methyl sites for hydroxylation is 1. The molecule has 0 aliphatic heterocycles. The zero-order valence-corrected chi connectivity index (χ0v) is 11.7. The Kier molecular flexibility index (Phi) is 4.04. The standard InChI is InChI=1S/C12H13N3O4S/c1-7-5-13-12(20-7)14-6-8-3-9(15(17)18)11(16)10(4-8)19-2/h3-5,16H,6H2,1-2H3,(H,13,14). The van der Waals surface area contributed by atoms with Crippen LogP contribution >= 0.6 is 11.3 Å². The normalized spacial score (nSPS) is 10.3. The highest BCUT2D eigenvalue weighted by Gasteiger charge is 2.19. The van der Waals surface area contributed by atoms with E-state index in [9.17, 15) is 15.2 Å². The van der Waals surface area contributed by atoms with Gasteiger partial charge >= 0.3 is 5.69 Å². The number of phenols is 1. The van der Waals surface area contributed by atoms with E-state index in [2.05, 4.69) is 10.3 Å². The number of phenolic OH excluding ortho intramolecular Hbond substituents is 1. The van der Waals surface area contributed by atoms with Crippen LogP contribution in [0.3, 0.4) is 0 Å². The van der Waals surface area contributed by atoms with Crippen molar-refractivity contribution in [1.82, 2.24) is 4.98 Å². The summed E-state index contributed by atoms with van der Waals surface area (Å²) in [6.45, 7) is 2.29. The van der Waals surface area contributed by atoms with E-state index < -0.39 is 10.7 Å². The van der Waals surface area contributed by atoms with Crippen LogP contribution < -0.4 is 10.1 Å². The van der Waals surface area contributed by atoms with E-state index >= 15 is 0 Å². The second kappa shape index (κ2) is 5.74. The van der Waals surface area contributed by atoms with Gasteiger partial charge < -0.3 is 15.2 Å². The molecule has 0 aliphatic carbocycles. The summed E-state index contributed by atoms with van der Waals surface area (Å²) in [7, 11) is 1.35. The summed E-state index contributed by atoms with van der Waals surface area (Å²) in [6.07, 6.45) is 1.74. The Labute approximate surface area is 119 Å². The number of nitro benzene ring substituents is 1. The van der Waals surface area contributed by atoms with Gasteiger partial charge in [0.1, 0.15) is 0 Å². The van der Waals surface area contributed by atoms with Gasteiger partial charge in [-0.15, -0.1) is 11.3 Å². The smallest absolute Gasteiger partial charge is 0.315 e. The molecular formula is C12H13N3O4S. The predicted molar refractivity (Wildman–Crippen MR) is 75.5 cm³/mol. The topological polar surface area (TPSA) is 97.5 Å². The average Bonchev–Trinajstić information content (AvgIpc) is 2.83. The second-order valence-electron chi connectivity index (χ2n) is 4.05. The zero-order chi connectivity index (χ0) is 14.7. The highest BCUT2D eigenvalue weighted by molar-refractivity contribution is 7.15. The number of nitro groups is 1. The first-order valence-corrected chi connectivity index (χ1v) is 6.53. The van der Waals surface area contributed by atoms with E-state index in [1.54, 1.807) is 12.3 Å². The number of hydrogen-bond acceptors (Lipinski definition) is 7. The number of nitrogens with one attached hydrogen (secondary N) is 1. The molecule has 0 unspecified atom stereocenters. The molecule has 0 radical (unpaired) electrons. The number of nitrogens with zero attached hydrogens (tertiary/aromatic N) is 2. The van der Waals surface area contributed by atoms with Gasteiger partial charge in [0, 0.05) is 23.7 Å². The maximum atomic E-state index is 10.9. The third-order valence-corrected chi connectivity index (χ3v) is 3.47. The minimum atomic E-state index is -0.644. The molecule has 20 heavy (non-hydrogen) atoms. The molecule has 1 aromatic carbocycles. The second-order valence-corrected chi connectivity index (χ2v) is 5.29. The van der Waals surface area contributed by atoms with Gasteiger partial charge in [0.2, 0.25) is 5.75 Å². The molecule has 1 heterocycles. The van der Waals surface area contributed by atoms with Gasteiger partial charge in [0.15, 0.2) is 10.9 Å². The number of thiazole rings is 1. The van der Waals surface area contributed by atoms with Gasteiger partial charge in [0.25, 0.3) is 0 Å². The average molecular weight is 295 g/mol. The Balaban J connectivity index is 2.23. The lowest BCUT2D eigenvalue weighted by Crippen LogP contribution is -2.01. The fraction of sp³-hybridized carbons (Fsp3) is 0.250. The minimum absolute atomic E-state index is 0.0753. The summed E-state index contributed by atoms with van der Waals surface area (Å²) in [5.74, 6) is -0.391. The zero-order valence-electron chi connectivity index (χ0n) is 10.9. The summed E-state index contributed by atoms with van der Waals surface area (Å²) in [5, 5.41) is 24.4. The molecule has 2 rings (SSSR count). The Bertz CT molecular complexity index is 642. The maximum Gasteiger partial charge on any atom is 0.315 e. The third kappa shape index (κ3) is 2.97. The molecule has 2 aromatic rings. The van der Waals surface area contributed by atoms with Gasteiger partial charge in [0.05, 0.1) is 12.0 Å². The van der Waals surface area contributed by atoms with Crippen LogP contribution in [0.25, 0.3) is 0 Å². The van der Waals surface area contributed by atoms with E-state index in [0.29, 0.717) is 12.1 Å².